The molecule has 0 heteroatoms. The van der Waals surface area contributed by atoms with Gasteiger partial charge in [0.15, 0.2) is 0 Å². The highest BCUT2D eigenvalue weighted by molar-refractivity contribution is 4.79. The molecule has 0 radical (unpaired) electrons. The van der Waals surface area contributed by atoms with Gasteiger partial charge in [0.25, 0.3) is 0 Å². The van der Waals surface area contributed by atoms with Crippen molar-refractivity contribution in [2.45, 2.75) is 85.5 Å². The van der Waals surface area contributed by atoms with Gasteiger partial charge in [-0.25, -0.2) is 0 Å². The van der Waals surface area contributed by atoms with E-state index in [1.807, 2.05) is 0 Å². The Morgan fingerprint density at radius 3 is 2.06 bits per heavy atom. The molecule has 0 bridgehead atoms. The Kier molecular flexibility index (Phi) is 7.23. The number of hydrogen-bond donors (Lipinski definition) is 0. The monoisotopic (exact) mass is 238 g/mol. The van der Waals surface area contributed by atoms with E-state index in [0.29, 0.717) is 0 Å². The van der Waals surface area contributed by atoms with E-state index >= 15 is 0 Å². The van der Waals surface area contributed by atoms with Gasteiger partial charge in [0.2, 0.25) is 0 Å². The maximum atomic E-state index is 2.51. The molecule has 1 rings (SSSR count). The van der Waals surface area contributed by atoms with Gasteiger partial charge in [-0.15, -0.1) is 0 Å². The molecule has 0 nitrogen and oxygen atoms in total. The predicted octanol–water partition coefficient (Wildman–Crippen LogP) is 6.06. The summed E-state index contributed by atoms with van der Waals surface area (Å²) in [7, 11) is 0. The lowest BCUT2D eigenvalue weighted by atomic mass is 9.74. The molecule has 1 aliphatic rings. The summed E-state index contributed by atoms with van der Waals surface area (Å²) in [5, 5.41) is 0. The molecule has 0 saturated heterocycles. The Hall–Kier alpha value is 0. The van der Waals surface area contributed by atoms with E-state index in [0.717, 1.165) is 23.7 Å². The highest BCUT2D eigenvalue weighted by Gasteiger charge is 2.28. The van der Waals surface area contributed by atoms with Crippen LogP contribution in [0.25, 0.3) is 0 Å². The second-order valence-corrected chi connectivity index (χ2v) is 6.41. The van der Waals surface area contributed by atoms with Crippen molar-refractivity contribution in [1.29, 1.82) is 0 Å². The quantitative estimate of drug-likeness (QED) is 0.434. The van der Waals surface area contributed by atoms with Crippen molar-refractivity contribution in [2.24, 2.45) is 23.7 Å². The van der Waals surface area contributed by atoms with Crippen molar-refractivity contribution in [3.05, 3.63) is 0 Å². The van der Waals surface area contributed by atoms with Crippen molar-refractivity contribution in [3.63, 3.8) is 0 Å². The van der Waals surface area contributed by atoms with Crippen LogP contribution in [0.2, 0.25) is 0 Å². The van der Waals surface area contributed by atoms with Crippen LogP contribution in [-0.2, 0) is 0 Å². The second kappa shape index (κ2) is 8.16. The Labute approximate surface area is 110 Å². The zero-order valence-corrected chi connectivity index (χ0v) is 12.7. The Balaban J connectivity index is 2.46. The van der Waals surface area contributed by atoms with Crippen molar-refractivity contribution < 1.29 is 0 Å². The van der Waals surface area contributed by atoms with Gasteiger partial charge in [0, 0.05) is 0 Å². The van der Waals surface area contributed by atoms with Gasteiger partial charge in [0.1, 0.15) is 0 Å². The molecule has 1 aliphatic carbocycles. The van der Waals surface area contributed by atoms with Crippen LogP contribution in [0.3, 0.4) is 0 Å². The van der Waals surface area contributed by atoms with Crippen LogP contribution in [0.5, 0.6) is 0 Å². The van der Waals surface area contributed by atoms with Crippen molar-refractivity contribution in [1.82, 2.24) is 0 Å². The summed E-state index contributed by atoms with van der Waals surface area (Å²) >= 11 is 0. The van der Waals surface area contributed by atoms with Crippen LogP contribution in [0, 0.1) is 23.7 Å². The average molecular weight is 238 g/mol. The summed E-state index contributed by atoms with van der Waals surface area (Å²) < 4.78 is 0. The molecule has 3 atom stereocenters. The van der Waals surface area contributed by atoms with E-state index in [2.05, 4.69) is 27.7 Å². The van der Waals surface area contributed by atoms with Crippen LogP contribution in [-0.4, -0.2) is 0 Å². The van der Waals surface area contributed by atoms with E-state index in [-0.39, 0.29) is 0 Å². The van der Waals surface area contributed by atoms with Crippen LogP contribution in [0.4, 0.5) is 0 Å². The number of rotatable bonds is 10. The molecule has 0 amide bonds. The van der Waals surface area contributed by atoms with Crippen LogP contribution in [0.15, 0.2) is 0 Å². The maximum Gasteiger partial charge on any atom is -0.0360 e. The Morgan fingerprint density at radius 1 is 0.941 bits per heavy atom. The van der Waals surface area contributed by atoms with Crippen LogP contribution < -0.4 is 0 Å². The SMILES string of the molecule is CCCC(C)C(CCC1CC1)C(CC)CCC. The summed E-state index contributed by atoms with van der Waals surface area (Å²) in [4.78, 5) is 0. The van der Waals surface area contributed by atoms with E-state index < -0.39 is 0 Å². The fraction of sp³-hybridized carbons (Fsp3) is 1.00. The maximum absolute atomic E-state index is 2.51. The highest BCUT2D eigenvalue weighted by Crippen LogP contribution is 2.40. The van der Waals surface area contributed by atoms with Gasteiger partial charge in [-0.1, -0.05) is 79.1 Å². The third-order valence-corrected chi connectivity index (χ3v) is 4.87. The van der Waals surface area contributed by atoms with Gasteiger partial charge in [-0.05, 0) is 30.1 Å². The minimum atomic E-state index is 0.954. The topological polar surface area (TPSA) is 0 Å². The second-order valence-electron chi connectivity index (χ2n) is 6.41. The van der Waals surface area contributed by atoms with E-state index in [1.54, 1.807) is 0 Å². The first-order chi connectivity index (χ1) is 8.22. The van der Waals surface area contributed by atoms with Gasteiger partial charge in [0.05, 0.1) is 0 Å². The van der Waals surface area contributed by atoms with E-state index in [1.165, 1.54) is 57.8 Å². The largest absolute Gasteiger partial charge is 0.0654 e. The lowest BCUT2D eigenvalue weighted by Crippen LogP contribution is -2.22. The van der Waals surface area contributed by atoms with Crippen molar-refractivity contribution >= 4 is 0 Å². The van der Waals surface area contributed by atoms with Crippen LogP contribution in [0.1, 0.15) is 85.5 Å². The molecular weight excluding hydrogens is 204 g/mol. The predicted molar refractivity (Wildman–Crippen MR) is 78.2 cm³/mol. The van der Waals surface area contributed by atoms with Gasteiger partial charge >= 0.3 is 0 Å². The fourth-order valence-electron chi connectivity index (χ4n) is 3.58. The fourth-order valence-corrected chi connectivity index (χ4v) is 3.58. The first kappa shape index (κ1) is 15.1. The molecule has 3 unspecified atom stereocenters. The molecular formula is C17H34. The first-order valence-corrected chi connectivity index (χ1v) is 8.22. The van der Waals surface area contributed by atoms with E-state index in [9.17, 15) is 0 Å². The Morgan fingerprint density at radius 2 is 1.59 bits per heavy atom. The minimum absolute atomic E-state index is 0.954. The van der Waals surface area contributed by atoms with Gasteiger partial charge in [-0.2, -0.15) is 0 Å². The first-order valence-electron chi connectivity index (χ1n) is 8.22. The highest BCUT2D eigenvalue weighted by atomic mass is 14.3. The van der Waals surface area contributed by atoms with Gasteiger partial charge < -0.3 is 0 Å². The molecule has 0 spiro atoms. The molecule has 0 aromatic heterocycles. The molecule has 0 aliphatic heterocycles. The lowest BCUT2D eigenvalue weighted by Gasteiger charge is -2.31. The van der Waals surface area contributed by atoms with E-state index in [4.69, 9.17) is 0 Å². The molecule has 1 fully saturated rings. The van der Waals surface area contributed by atoms with Crippen LogP contribution >= 0.6 is 0 Å². The molecule has 1 saturated carbocycles. The standard InChI is InChI=1S/C17H34/c1-5-8-14(4)17(13-12-15-10-11-15)16(7-3)9-6-2/h14-17H,5-13H2,1-4H3. The molecule has 0 N–H and O–H groups in total. The average Bonchev–Trinajstić information content (AvgIpc) is 3.12. The van der Waals surface area contributed by atoms with Crippen molar-refractivity contribution in [3.8, 4) is 0 Å². The molecule has 102 valence electrons. The third kappa shape index (κ3) is 5.44. The van der Waals surface area contributed by atoms with Crippen molar-refractivity contribution in [2.75, 3.05) is 0 Å². The zero-order chi connectivity index (χ0) is 12.7. The molecule has 0 aromatic carbocycles. The summed E-state index contributed by atoms with van der Waals surface area (Å²) in [5.41, 5.74) is 0. The summed E-state index contributed by atoms with van der Waals surface area (Å²) in [6, 6.07) is 0. The summed E-state index contributed by atoms with van der Waals surface area (Å²) in [6.07, 6.45) is 13.1. The lowest BCUT2D eigenvalue weighted by molar-refractivity contribution is 0.190. The van der Waals surface area contributed by atoms with Gasteiger partial charge in [-0.3, -0.25) is 0 Å². The summed E-state index contributed by atoms with van der Waals surface area (Å²) in [6.45, 7) is 9.61. The normalized spacial score (nSPS) is 21.2. The Bertz CT molecular complexity index is 180. The zero-order valence-electron chi connectivity index (χ0n) is 12.7. The molecule has 0 heterocycles. The smallest absolute Gasteiger partial charge is 0.0360 e. The molecule has 17 heavy (non-hydrogen) atoms. The minimum Gasteiger partial charge on any atom is -0.0654 e. The summed E-state index contributed by atoms with van der Waals surface area (Å²) in [5.74, 6) is 4.08. The molecule has 0 aromatic rings. The number of hydrogen-bond acceptors (Lipinski definition) is 0. The third-order valence-electron chi connectivity index (χ3n) is 4.87.